The van der Waals surface area contributed by atoms with E-state index in [-0.39, 0.29) is 11.8 Å². The third-order valence-corrected chi connectivity index (χ3v) is 3.87. The topological polar surface area (TPSA) is 46.9 Å². The van der Waals surface area contributed by atoms with Crippen molar-refractivity contribution in [1.29, 1.82) is 0 Å². The van der Waals surface area contributed by atoms with E-state index in [1.807, 2.05) is 6.92 Å². The second-order valence-corrected chi connectivity index (χ2v) is 5.73. The number of hydrogen-bond acceptors (Lipinski definition) is 2. The predicted molar refractivity (Wildman–Crippen MR) is 71.3 cm³/mol. The predicted octanol–water partition coefficient (Wildman–Crippen LogP) is 2.81. The van der Waals surface area contributed by atoms with Gasteiger partial charge in [-0.1, -0.05) is 15.9 Å². The van der Waals surface area contributed by atoms with Gasteiger partial charge in [0.1, 0.15) is 12.1 Å². The molecular weight excluding hydrogens is 313 g/mol. The molecule has 0 spiro atoms. The quantitative estimate of drug-likeness (QED) is 0.877. The highest BCUT2D eigenvalue weighted by atomic mass is 79.9. The van der Waals surface area contributed by atoms with Crippen LogP contribution in [0.15, 0.2) is 35.2 Å². The van der Waals surface area contributed by atoms with E-state index in [2.05, 4.69) is 26.2 Å². The zero-order chi connectivity index (χ0) is 13.6. The Morgan fingerprint density at radius 3 is 3.11 bits per heavy atom. The molecule has 0 saturated heterocycles. The van der Waals surface area contributed by atoms with Gasteiger partial charge in [0.05, 0.1) is 5.54 Å². The molecule has 2 aromatic rings. The summed E-state index contributed by atoms with van der Waals surface area (Å²) in [4.78, 5) is 16.0. The summed E-state index contributed by atoms with van der Waals surface area (Å²) < 4.78 is 16.3. The van der Waals surface area contributed by atoms with E-state index in [1.165, 1.54) is 17.0 Å². The number of imidazole rings is 1. The fourth-order valence-corrected chi connectivity index (χ4v) is 2.78. The van der Waals surface area contributed by atoms with Crippen LogP contribution in [0, 0.1) is 5.82 Å². The van der Waals surface area contributed by atoms with Gasteiger partial charge >= 0.3 is 6.03 Å². The number of carbonyl (C=O) groups is 1. The number of carbonyl (C=O) groups excluding carboxylic acids is 1. The minimum absolute atomic E-state index is 0.291. The lowest BCUT2D eigenvalue weighted by atomic mass is 9.86. The lowest BCUT2D eigenvalue weighted by Gasteiger charge is -2.35. The van der Waals surface area contributed by atoms with Crippen LogP contribution in [0.5, 0.6) is 0 Å². The van der Waals surface area contributed by atoms with Gasteiger partial charge in [-0.15, -0.1) is 0 Å². The maximum absolute atomic E-state index is 14.0. The minimum atomic E-state index is -0.777. The summed E-state index contributed by atoms with van der Waals surface area (Å²) in [6.07, 6.45) is 3.58. The van der Waals surface area contributed by atoms with Crippen LogP contribution in [0.25, 0.3) is 0 Å². The highest BCUT2D eigenvalue weighted by molar-refractivity contribution is 9.10. The molecule has 1 aromatic carbocycles. The summed E-state index contributed by atoms with van der Waals surface area (Å²) in [6, 6.07) is 4.43. The molecule has 0 fully saturated rings. The first-order valence-electron chi connectivity index (χ1n) is 5.79. The molecule has 98 valence electrons. The summed E-state index contributed by atoms with van der Waals surface area (Å²) in [5.41, 5.74) is 0.453. The number of aromatic nitrogens is 2. The molecule has 1 atom stereocenters. The van der Waals surface area contributed by atoms with Crippen LogP contribution in [0.3, 0.4) is 0 Å². The van der Waals surface area contributed by atoms with E-state index in [0.29, 0.717) is 12.0 Å². The third kappa shape index (κ3) is 1.96. The normalized spacial score (nSPS) is 21.9. The van der Waals surface area contributed by atoms with Crippen molar-refractivity contribution >= 4 is 22.0 Å². The molecule has 4 nitrogen and oxygen atoms in total. The summed E-state index contributed by atoms with van der Waals surface area (Å²) in [7, 11) is 0. The second-order valence-electron chi connectivity index (χ2n) is 4.82. The minimum Gasteiger partial charge on any atom is -0.328 e. The van der Waals surface area contributed by atoms with Crippen LogP contribution in [0.4, 0.5) is 9.18 Å². The van der Waals surface area contributed by atoms with Crippen molar-refractivity contribution in [2.24, 2.45) is 0 Å². The van der Waals surface area contributed by atoms with Crippen molar-refractivity contribution in [3.63, 3.8) is 0 Å². The van der Waals surface area contributed by atoms with Crippen LogP contribution in [-0.4, -0.2) is 15.6 Å². The van der Waals surface area contributed by atoms with Crippen molar-refractivity contribution in [1.82, 2.24) is 14.9 Å². The largest absolute Gasteiger partial charge is 0.328 e. The molecular formula is C13H11BrFN3O. The van der Waals surface area contributed by atoms with Gasteiger partial charge in [0.25, 0.3) is 0 Å². The maximum atomic E-state index is 14.0. The molecule has 19 heavy (non-hydrogen) atoms. The van der Waals surface area contributed by atoms with Gasteiger partial charge in [-0.3, -0.25) is 4.57 Å². The maximum Gasteiger partial charge on any atom is 0.327 e. The van der Waals surface area contributed by atoms with E-state index in [0.717, 1.165) is 10.2 Å². The Hall–Kier alpha value is -1.69. The first-order chi connectivity index (χ1) is 8.99. The number of benzene rings is 1. The number of halogens is 2. The smallest absolute Gasteiger partial charge is 0.327 e. The van der Waals surface area contributed by atoms with Crippen molar-refractivity contribution in [3.05, 3.63) is 52.3 Å². The van der Waals surface area contributed by atoms with Crippen molar-refractivity contribution in [2.75, 3.05) is 0 Å². The number of amides is 1. The molecule has 0 saturated carbocycles. The van der Waals surface area contributed by atoms with Gasteiger partial charge in [0.2, 0.25) is 0 Å². The number of fused-ring (bicyclic) bond motifs is 1. The molecule has 1 amide bonds. The zero-order valence-electron chi connectivity index (χ0n) is 10.2. The summed E-state index contributed by atoms with van der Waals surface area (Å²) in [5.74, 6) is -0.334. The van der Waals surface area contributed by atoms with E-state index in [1.54, 1.807) is 18.3 Å². The van der Waals surface area contributed by atoms with Gasteiger partial charge in [-0.25, -0.2) is 14.2 Å². The van der Waals surface area contributed by atoms with E-state index >= 15 is 0 Å². The molecule has 6 heteroatoms. The van der Waals surface area contributed by atoms with Crippen LogP contribution >= 0.6 is 15.9 Å². The van der Waals surface area contributed by atoms with Crippen molar-refractivity contribution in [3.8, 4) is 0 Å². The Balaban J connectivity index is 2.10. The molecule has 1 aromatic heterocycles. The summed E-state index contributed by atoms with van der Waals surface area (Å²) in [5, 5.41) is 2.84. The van der Waals surface area contributed by atoms with Crippen molar-refractivity contribution < 1.29 is 9.18 Å². The molecule has 2 heterocycles. The molecule has 1 unspecified atom stereocenters. The Bertz CT molecular complexity index is 670. The highest BCUT2D eigenvalue weighted by Gasteiger charge is 2.37. The van der Waals surface area contributed by atoms with Crippen LogP contribution < -0.4 is 5.32 Å². The van der Waals surface area contributed by atoms with Gasteiger partial charge < -0.3 is 5.32 Å². The second kappa shape index (κ2) is 4.16. The Kier molecular flexibility index (Phi) is 2.70. The lowest BCUT2D eigenvalue weighted by molar-refractivity contribution is 0.218. The Morgan fingerprint density at radius 2 is 2.32 bits per heavy atom. The highest BCUT2D eigenvalue weighted by Crippen LogP contribution is 2.32. The average Bonchev–Trinajstić information content (AvgIpc) is 2.80. The van der Waals surface area contributed by atoms with Gasteiger partial charge in [0.15, 0.2) is 0 Å². The van der Waals surface area contributed by atoms with Crippen LogP contribution in [-0.2, 0) is 12.0 Å². The van der Waals surface area contributed by atoms with Crippen LogP contribution in [0.2, 0.25) is 0 Å². The van der Waals surface area contributed by atoms with E-state index in [9.17, 15) is 9.18 Å². The van der Waals surface area contributed by atoms with Gasteiger partial charge in [-0.05, 0) is 25.1 Å². The molecule has 3 rings (SSSR count). The van der Waals surface area contributed by atoms with Crippen molar-refractivity contribution in [2.45, 2.75) is 18.9 Å². The average molecular weight is 324 g/mol. The number of nitrogens with zero attached hydrogens (tertiary/aromatic N) is 2. The number of hydrogen-bond donors (Lipinski definition) is 1. The van der Waals surface area contributed by atoms with E-state index < -0.39 is 5.54 Å². The van der Waals surface area contributed by atoms with Gasteiger partial charge in [0, 0.05) is 28.3 Å². The fraction of sp³-hybridized carbons (Fsp3) is 0.231. The first kappa shape index (κ1) is 12.3. The number of nitrogens with one attached hydrogen (secondary N) is 1. The SMILES string of the molecule is CC1(c2cc(Br)ccc2F)Cc2cncn2C(=O)N1. The third-order valence-electron chi connectivity index (χ3n) is 3.37. The molecule has 1 aliphatic rings. The Labute approximate surface area is 117 Å². The number of rotatable bonds is 1. The lowest BCUT2D eigenvalue weighted by Crippen LogP contribution is -2.51. The summed E-state index contributed by atoms with van der Waals surface area (Å²) in [6.45, 7) is 1.81. The summed E-state index contributed by atoms with van der Waals surface area (Å²) >= 11 is 3.33. The standard InChI is InChI=1S/C13H11BrFN3O/c1-13(10-4-8(14)2-3-11(10)15)5-9-6-16-7-18(9)12(19)17-13/h2-4,6-7H,5H2,1H3,(H,17,19). The molecule has 1 aliphatic heterocycles. The first-order valence-corrected chi connectivity index (χ1v) is 6.58. The fourth-order valence-electron chi connectivity index (χ4n) is 2.42. The molecule has 0 aliphatic carbocycles. The molecule has 0 radical (unpaired) electrons. The van der Waals surface area contributed by atoms with E-state index in [4.69, 9.17) is 0 Å². The molecule has 1 N–H and O–H groups in total. The van der Waals surface area contributed by atoms with Crippen LogP contribution in [0.1, 0.15) is 18.2 Å². The monoisotopic (exact) mass is 323 g/mol. The molecule has 0 bridgehead atoms. The zero-order valence-corrected chi connectivity index (χ0v) is 11.7. The van der Waals surface area contributed by atoms with Gasteiger partial charge in [-0.2, -0.15) is 0 Å². The Morgan fingerprint density at radius 1 is 1.53 bits per heavy atom.